The van der Waals surface area contributed by atoms with Crippen LogP contribution in [0.4, 0.5) is 26.0 Å². The molecule has 0 unspecified atom stereocenters. The number of halogens is 2. The van der Waals surface area contributed by atoms with Crippen molar-refractivity contribution in [2.24, 2.45) is 0 Å². The van der Waals surface area contributed by atoms with E-state index in [4.69, 9.17) is 9.47 Å². The first-order chi connectivity index (χ1) is 19.6. The lowest BCUT2D eigenvalue weighted by Crippen LogP contribution is -2.26. The van der Waals surface area contributed by atoms with Gasteiger partial charge in [-0.3, -0.25) is 4.79 Å². The smallest absolute Gasteiger partial charge is 0.258 e. The molecule has 0 fully saturated rings. The van der Waals surface area contributed by atoms with Crippen molar-refractivity contribution in [3.05, 3.63) is 89.2 Å². The Labute approximate surface area is 237 Å². The predicted molar refractivity (Wildman–Crippen MR) is 154 cm³/mol. The number of rotatable bonds is 8. The molecule has 10 heteroatoms. The summed E-state index contributed by atoms with van der Waals surface area (Å²) in [7, 11) is 3.11. The van der Waals surface area contributed by atoms with E-state index in [0.29, 0.717) is 34.3 Å². The Kier molecular flexibility index (Phi) is 7.49. The number of benzene rings is 2. The van der Waals surface area contributed by atoms with Gasteiger partial charge in [-0.1, -0.05) is 6.07 Å². The number of amides is 1. The quantitative estimate of drug-likeness (QED) is 0.253. The van der Waals surface area contributed by atoms with Crippen molar-refractivity contribution in [2.45, 2.75) is 39.4 Å². The molecule has 0 radical (unpaired) electrons. The molecule has 0 spiro atoms. The summed E-state index contributed by atoms with van der Waals surface area (Å²) in [5.74, 6) is -0.115. The number of carbonyl (C=O) groups is 1. The van der Waals surface area contributed by atoms with Gasteiger partial charge in [0, 0.05) is 17.2 Å². The lowest BCUT2D eigenvalue weighted by atomic mass is 10.1. The SMILES string of the molecule is COc1ccc(CN2Cc3nc(-c4c(F)cccc4F)cc(Nc4ccc(NC(C)(C)C)cn4)c3C2=O)c(OC)c1. The van der Waals surface area contributed by atoms with Gasteiger partial charge in [-0.15, -0.1) is 0 Å². The van der Waals surface area contributed by atoms with Crippen LogP contribution in [0.3, 0.4) is 0 Å². The molecular formula is C31H31F2N5O3. The molecule has 8 nitrogen and oxygen atoms in total. The van der Waals surface area contributed by atoms with Crippen LogP contribution in [0.25, 0.3) is 11.3 Å². The number of fused-ring (bicyclic) bond motifs is 1. The topological polar surface area (TPSA) is 88.6 Å². The Morgan fingerprint density at radius 2 is 1.73 bits per heavy atom. The number of hydrogen-bond donors (Lipinski definition) is 2. The summed E-state index contributed by atoms with van der Waals surface area (Å²) in [6, 6.07) is 14.1. The Bertz CT molecular complexity index is 1580. The van der Waals surface area contributed by atoms with Gasteiger partial charge in [0.15, 0.2) is 0 Å². The van der Waals surface area contributed by atoms with Crippen LogP contribution in [-0.4, -0.2) is 40.5 Å². The van der Waals surface area contributed by atoms with Crippen LogP contribution < -0.4 is 20.1 Å². The molecule has 0 aliphatic carbocycles. The Balaban J connectivity index is 1.53. The maximum Gasteiger partial charge on any atom is 0.258 e. The third-order valence-corrected chi connectivity index (χ3v) is 6.56. The van der Waals surface area contributed by atoms with Crippen molar-refractivity contribution < 1.29 is 23.0 Å². The molecule has 212 valence electrons. The van der Waals surface area contributed by atoms with Crippen molar-refractivity contribution in [1.29, 1.82) is 0 Å². The fourth-order valence-electron chi connectivity index (χ4n) is 4.76. The number of nitrogens with zero attached hydrogens (tertiary/aromatic N) is 3. The highest BCUT2D eigenvalue weighted by atomic mass is 19.1. The number of ether oxygens (including phenoxy) is 2. The van der Waals surface area contributed by atoms with Crippen LogP contribution in [0.15, 0.2) is 60.8 Å². The molecule has 5 rings (SSSR count). The predicted octanol–water partition coefficient (Wildman–Crippen LogP) is 6.55. The third kappa shape index (κ3) is 5.91. The fraction of sp³-hybridized carbons (Fsp3) is 0.258. The van der Waals surface area contributed by atoms with Gasteiger partial charge in [-0.25, -0.2) is 18.7 Å². The average molecular weight is 560 g/mol. The minimum atomic E-state index is -0.747. The standard InChI is InChI=1S/C31H31F2N5O3/c1-31(2,3)37-19-10-12-27(34-15-19)36-24-14-23(28-21(32)7-6-8-22(28)33)35-25-17-38(30(39)29(24)25)16-18-9-11-20(40-4)13-26(18)41-5/h6-15,37H,16-17H2,1-5H3,(H,34,35,36). The van der Waals surface area contributed by atoms with E-state index in [1.54, 1.807) is 43.5 Å². The van der Waals surface area contributed by atoms with Crippen LogP contribution in [0.1, 0.15) is 42.4 Å². The number of aromatic nitrogens is 2. The Morgan fingerprint density at radius 3 is 2.37 bits per heavy atom. The van der Waals surface area contributed by atoms with Crippen LogP contribution in [0.5, 0.6) is 11.5 Å². The van der Waals surface area contributed by atoms with Gasteiger partial charge in [0.05, 0.1) is 67.4 Å². The van der Waals surface area contributed by atoms with Gasteiger partial charge < -0.3 is 25.0 Å². The van der Waals surface area contributed by atoms with E-state index in [-0.39, 0.29) is 35.8 Å². The molecule has 1 aliphatic rings. The van der Waals surface area contributed by atoms with Crippen LogP contribution in [0, 0.1) is 11.6 Å². The zero-order valence-electron chi connectivity index (χ0n) is 23.5. The summed E-state index contributed by atoms with van der Waals surface area (Å²) in [5.41, 5.74) is 2.33. The molecular weight excluding hydrogens is 528 g/mol. The van der Waals surface area contributed by atoms with Gasteiger partial charge >= 0.3 is 0 Å². The number of carbonyl (C=O) groups excluding carboxylic acids is 1. The maximum atomic E-state index is 14.8. The van der Waals surface area contributed by atoms with E-state index >= 15 is 0 Å². The lowest BCUT2D eigenvalue weighted by Gasteiger charge is -2.22. The highest BCUT2D eigenvalue weighted by Gasteiger charge is 2.33. The molecule has 0 saturated carbocycles. The first kappa shape index (κ1) is 27.8. The number of hydrogen-bond acceptors (Lipinski definition) is 7. The molecule has 2 aromatic heterocycles. The van der Waals surface area contributed by atoms with Crippen LogP contribution in [0.2, 0.25) is 0 Å². The molecule has 1 amide bonds. The molecule has 1 aliphatic heterocycles. The summed E-state index contributed by atoms with van der Waals surface area (Å²) < 4.78 is 40.4. The fourth-order valence-corrected chi connectivity index (χ4v) is 4.76. The van der Waals surface area contributed by atoms with Gasteiger partial charge in [-0.05, 0) is 63.2 Å². The molecule has 0 bridgehead atoms. The van der Waals surface area contributed by atoms with Crippen LogP contribution >= 0.6 is 0 Å². The molecule has 2 aromatic carbocycles. The first-order valence-corrected chi connectivity index (χ1v) is 13.1. The normalized spacial score (nSPS) is 12.8. The zero-order chi connectivity index (χ0) is 29.3. The van der Waals surface area contributed by atoms with Gasteiger partial charge in [-0.2, -0.15) is 0 Å². The highest BCUT2D eigenvalue weighted by Crippen LogP contribution is 2.37. The number of anilines is 3. The average Bonchev–Trinajstić information content (AvgIpc) is 3.24. The Morgan fingerprint density at radius 1 is 0.976 bits per heavy atom. The monoisotopic (exact) mass is 559 g/mol. The van der Waals surface area contributed by atoms with Crippen molar-refractivity contribution in [3.8, 4) is 22.8 Å². The summed E-state index contributed by atoms with van der Waals surface area (Å²) in [6.07, 6.45) is 1.68. The molecule has 41 heavy (non-hydrogen) atoms. The van der Waals surface area contributed by atoms with E-state index in [0.717, 1.165) is 11.3 Å². The number of pyridine rings is 2. The molecule has 4 aromatic rings. The molecule has 3 heterocycles. The minimum absolute atomic E-state index is 0.0737. The van der Waals surface area contributed by atoms with E-state index in [1.807, 2.05) is 32.9 Å². The largest absolute Gasteiger partial charge is 0.497 e. The van der Waals surface area contributed by atoms with E-state index in [9.17, 15) is 13.6 Å². The van der Waals surface area contributed by atoms with Crippen molar-refractivity contribution in [1.82, 2.24) is 14.9 Å². The zero-order valence-corrected chi connectivity index (χ0v) is 23.5. The second-order valence-corrected chi connectivity index (χ2v) is 10.7. The van der Waals surface area contributed by atoms with Crippen molar-refractivity contribution in [3.63, 3.8) is 0 Å². The van der Waals surface area contributed by atoms with Crippen LogP contribution in [-0.2, 0) is 13.1 Å². The van der Waals surface area contributed by atoms with Gasteiger partial charge in [0.2, 0.25) is 0 Å². The molecule has 0 atom stereocenters. The minimum Gasteiger partial charge on any atom is -0.497 e. The van der Waals surface area contributed by atoms with E-state index in [2.05, 4.69) is 20.6 Å². The third-order valence-electron chi connectivity index (χ3n) is 6.56. The summed E-state index contributed by atoms with van der Waals surface area (Å²) in [6.45, 7) is 6.51. The summed E-state index contributed by atoms with van der Waals surface area (Å²) >= 11 is 0. The highest BCUT2D eigenvalue weighted by molar-refractivity contribution is 6.04. The van der Waals surface area contributed by atoms with Gasteiger partial charge in [0.25, 0.3) is 5.91 Å². The van der Waals surface area contributed by atoms with Gasteiger partial charge in [0.1, 0.15) is 29.0 Å². The second kappa shape index (κ2) is 11.0. The molecule has 2 N–H and O–H groups in total. The molecule has 0 saturated heterocycles. The Hall–Kier alpha value is -4.73. The second-order valence-electron chi connectivity index (χ2n) is 10.7. The van der Waals surface area contributed by atoms with Crippen molar-refractivity contribution in [2.75, 3.05) is 24.9 Å². The van der Waals surface area contributed by atoms with E-state index < -0.39 is 11.6 Å². The summed E-state index contributed by atoms with van der Waals surface area (Å²) in [5, 5.41) is 6.53. The maximum absolute atomic E-state index is 14.8. The lowest BCUT2D eigenvalue weighted by molar-refractivity contribution is 0.0766. The number of nitrogens with one attached hydrogen (secondary N) is 2. The number of methoxy groups -OCH3 is 2. The first-order valence-electron chi connectivity index (χ1n) is 13.1. The van der Waals surface area contributed by atoms with Crippen molar-refractivity contribution >= 4 is 23.1 Å². The summed E-state index contributed by atoms with van der Waals surface area (Å²) in [4.78, 5) is 24.4. The van der Waals surface area contributed by atoms with E-state index in [1.165, 1.54) is 24.3 Å².